The molecule has 5 heteroatoms. The van der Waals surface area contributed by atoms with Crippen LogP contribution in [0, 0.1) is 13.8 Å². The van der Waals surface area contributed by atoms with Crippen molar-refractivity contribution in [2.24, 2.45) is 0 Å². The number of nitrogens with zero attached hydrogens (tertiary/aromatic N) is 1. The minimum Gasteiger partial charge on any atom is -0.337 e. The predicted octanol–water partition coefficient (Wildman–Crippen LogP) is 4.47. The lowest BCUT2D eigenvalue weighted by Gasteiger charge is -2.11. The maximum Gasteiger partial charge on any atom is 0.244 e. The Bertz CT molecular complexity index is 944. The van der Waals surface area contributed by atoms with Gasteiger partial charge in [-0.1, -0.05) is 18.2 Å². The van der Waals surface area contributed by atoms with Crippen LogP contribution in [0.5, 0.6) is 0 Å². The first kappa shape index (κ1) is 16.5. The third-order valence-corrected chi connectivity index (χ3v) is 4.77. The molecule has 0 radical (unpaired) electrons. The fourth-order valence-corrected chi connectivity index (χ4v) is 3.28. The largest absolute Gasteiger partial charge is 0.337 e. The van der Waals surface area contributed by atoms with Crippen LogP contribution < -0.4 is 5.32 Å². The standard InChI is InChI=1S/C19H17BrN2O2/c1-12-7-16(20)17(8-13(12)2)21-19(24)10-22-9-14(11-23)15-5-3-4-6-18(15)22/h3-9,11H,10H2,1-2H3,(H,21,24). The summed E-state index contributed by atoms with van der Waals surface area (Å²) < 4.78 is 2.65. The molecular weight excluding hydrogens is 368 g/mol. The Hall–Kier alpha value is -2.40. The zero-order chi connectivity index (χ0) is 17.3. The van der Waals surface area contributed by atoms with E-state index in [-0.39, 0.29) is 12.5 Å². The highest BCUT2D eigenvalue weighted by Gasteiger charge is 2.12. The van der Waals surface area contributed by atoms with Gasteiger partial charge in [0.05, 0.1) is 5.69 Å². The number of amides is 1. The third kappa shape index (κ3) is 3.12. The number of aryl methyl sites for hydroxylation is 2. The van der Waals surface area contributed by atoms with Crippen molar-refractivity contribution in [2.45, 2.75) is 20.4 Å². The number of hydrogen-bond acceptors (Lipinski definition) is 2. The maximum absolute atomic E-state index is 12.4. The minimum atomic E-state index is -0.142. The van der Waals surface area contributed by atoms with Gasteiger partial charge in [0.1, 0.15) is 6.54 Å². The van der Waals surface area contributed by atoms with Gasteiger partial charge in [0.25, 0.3) is 0 Å². The normalized spacial score (nSPS) is 10.8. The number of aldehydes is 1. The number of benzene rings is 2. The molecule has 1 heterocycles. The molecule has 0 atom stereocenters. The highest BCUT2D eigenvalue weighted by molar-refractivity contribution is 9.10. The first-order valence-electron chi connectivity index (χ1n) is 7.59. The second-order valence-corrected chi connectivity index (χ2v) is 6.67. The molecule has 0 aliphatic carbocycles. The third-order valence-electron chi connectivity index (χ3n) is 4.12. The van der Waals surface area contributed by atoms with E-state index >= 15 is 0 Å². The number of aromatic nitrogens is 1. The summed E-state index contributed by atoms with van der Waals surface area (Å²) in [6, 6.07) is 11.5. The molecule has 2 aromatic carbocycles. The number of carbonyl (C=O) groups is 2. The average Bonchev–Trinajstić information content (AvgIpc) is 2.90. The van der Waals surface area contributed by atoms with Crippen LogP contribution in [0.15, 0.2) is 47.1 Å². The summed E-state index contributed by atoms with van der Waals surface area (Å²) >= 11 is 3.48. The van der Waals surface area contributed by atoms with Crippen molar-refractivity contribution in [1.29, 1.82) is 0 Å². The Morgan fingerprint density at radius 2 is 1.92 bits per heavy atom. The summed E-state index contributed by atoms with van der Waals surface area (Å²) in [5.74, 6) is -0.142. The van der Waals surface area contributed by atoms with Crippen LogP contribution in [0.1, 0.15) is 21.5 Å². The zero-order valence-electron chi connectivity index (χ0n) is 13.5. The molecule has 1 aromatic heterocycles. The van der Waals surface area contributed by atoms with E-state index in [9.17, 15) is 9.59 Å². The number of hydrogen-bond donors (Lipinski definition) is 1. The van der Waals surface area contributed by atoms with E-state index in [1.165, 1.54) is 0 Å². The van der Waals surface area contributed by atoms with Crippen LogP contribution >= 0.6 is 15.9 Å². The number of anilines is 1. The Balaban J connectivity index is 1.86. The van der Waals surface area contributed by atoms with E-state index in [1.54, 1.807) is 10.8 Å². The number of carbonyl (C=O) groups excluding carboxylic acids is 2. The molecule has 0 fully saturated rings. The molecule has 0 spiro atoms. The van der Waals surface area contributed by atoms with Gasteiger partial charge in [-0.3, -0.25) is 9.59 Å². The van der Waals surface area contributed by atoms with Gasteiger partial charge in [0.15, 0.2) is 6.29 Å². The Morgan fingerprint density at radius 3 is 2.67 bits per heavy atom. The highest BCUT2D eigenvalue weighted by Crippen LogP contribution is 2.26. The molecule has 0 bridgehead atoms. The molecule has 0 saturated heterocycles. The van der Waals surface area contributed by atoms with Gasteiger partial charge in [-0.15, -0.1) is 0 Å². The summed E-state index contributed by atoms with van der Waals surface area (Å²) in [5.41, 5.74) is 4.48. The van der Waals surface area contributed by atoms with Gasteiger partial charge in [-0.2, -0.15) is 0 Å². The SMILES string of the molecule is Cc1cc(Br)c(NC(=O)Cn2cc(C=O)c3ccccc32)cc1C. The van der Waals surface area contributed by atoms with Crippen molar-refractivity contribution in [3.05, 3.63) is 63.8 Å². The molecule has 3 aromatic rings. The van der Waals surface area contributed by atoms with Crippen molar-refractivity contribution in [3.63, 3.8) is 0 Å². The van der Waals surface area contributed by atoms with E-state index in [2.05, 4.69) is 21.2 Å². The lowest BCUT2D eigenvalue weighted by Crippen LogP contribution is -2.18. The number of nitrogens with one attached hydrogen (secondary N) is 1. The second-order valence-electron chi connectivity index (χ2n) is 5.81. The predicted molar refractivity (Wildman–Crippen MR) is 99.6 cm³/mol. The topological polar surface area (TPSA) is 51.1 Å². The van der Waals surface area contributed by atoms with Gasteiger partial charge in [-0.25, -0.2) is 0 Å². The molecule has 0 aliphatic rings. The van der Waals surface area contributed by atoms with Crippen LogP contribution in [0.2, 0.25) is 0 Å². The molecular formula is C19H17BrN2O2. The molecule has 4 nitrogen and oxygen atoms in total. The van der Waals surface area contributed by atoms with Crippen molar-refractivity contribution in [2.75, 3.05) is 5.32 Å². The highest BCUT2D eigenvalue weighted by atomic mass is 79.9. The van der Waals surface area contributed by atoms with Crippen LogP contribution in [-0.2, 0) is 11.3 Å². The van der Waals surface area contributed by atoms with Crippen molar-refractivity contribution in [1.82, 2.24) is 4.57 Å². The van der Waals surface area contributed by atoms with Crippen LogP contribution in [0.25, 0.3) is 10.9 Å². The zero-order valence-corrected chi connectivity index (χ0v) is 15.1. The van der Waals surface area contributed by atoms with E-state index in [1.807, 2.05) is 50.2 Å². The van der Waals surface area contributed by atoms with Gasteiger partial charge < -0.3 is 9.88 Å². The number of halogens is 1. The van der Waals surface area contributed by atoms with Crippen molar-refractivity contribution in [3.8, 4) is 0 Å². The smallest absolute Gasteiger partial charge is 0.244 e. The molecule has 1 amide bonds. The van der Waals surface area contributed by atoms with Gasteiger partial charge >= 0.3 is 0 Å². The summed E-state index contributed by atoms with van der Waals surface area (Å²) in [7, 11) is 0. The molecule has 1 N–H and O–H groups in total. The molecule has 122 valence electrons. The summed E-state index contributed by atoms with van der Waals surface area (Å²) in [6.07, 6.45) is 2.53. The monoisotopic (exact) mass is 384 g/mol. The number of rotatable bonds is 4. The molecule has 3 rings (SSSR count). The fraction of sp³-hybridized carbons (Fsp3) is 0.158. The van der Waals surface area contributed by atoms with Gasteiger partial charge in [0.2, 0.25) is 5.91 Å². The van der Waals surface area contributed by atoms with Crippen LogP contribution in [0.4, 0.5) is 5.69 Å². The van der Waals surface area contributed by atoms with Crippen molar-refractivity contribution < 1.29 is 9.59 Å². The summed E-state index contributed by atoms with van der Waals surface area (Å²) in [6.45, 7) is 4.18. The average molecular weight is 385 g/mol. The first-order chi connectivity index (χ1) is 11.5. The van der Waals surface area contributed by atoms with Crippen LogP contribution in [-0.4, -0.2) is 16.8 Å². The van der Waals surface area contributed by atoms with Gasteiger partial charge in [-0.05, 0) is 59.1 Å². The minimum absolute atomic E-state index is 0.142. The Morgan fingerprint density at radius 1 is 1.21 bits per heavy atom. The molecule has 0 unspecified atom stereocenters. The molecule has 0 aliphatic heterocycles. The van der Waals surface area contributed by atoms with Crippen molar-refractivity contribution >= 4 is 44.7 Å². The molecule has 0 saturated carbocycles. The van der Waals surface area contributed by atoms with E-state index in [4.69, 9.17) is 0 Å². The molecule has 24 heavy (non-hydrogen) atoms. The Kier molecular flexibility index (Phi) is 4.53. The number of fused-ring (bicyclic) bond motifs is 1. The van der Waals surface area contributed by atoms with Crippen LogP contribution in [0.3, 0.4) is 0 Å². The van der Waals surface area contributed by atoms with Gasteiger partial charge in [0, 0.05) is 27.1 Å². The first-order valence-corrected chi connectivity index (χ1v) is 8.38. The maximum atomic E-state index is 12.4. The fourth-order valence-electron chi connectivity index (χ4n) is 2.72. The quantitative estimate of drug-likeness (QED) is 0.674. The van der Waals surface area contributed by atoms with E-state index in [0.29, 0.717) is 5.56 Å². The lowest BCUT2D eigenvalue weighted by atomic mass is 10.1. The van der Waals surface area contributed by atoms with E-state index < -0.39 is 0 Å². The lowest BCUT2D eigenvalue weighted by molar-refractivity contribution is -0.116. The Labute approximate surface area is 148 Å². The summed E-state index contributed by atoms with van der Waals surface area (Å²) in [4.78, 5) is 23.6. The summed E-state index contributed by atoms with van der Waals surface area (Å²) in [5, 5.41) is 3.78. The number of para-hydroxylation sites is 1. The van der Waals surface area contributed by atoms with E-state index in [0.717, 1.165) is 38.5 Å². The second kappa shape index (κ2) is 6.61.